The maximum Gasteiger partial charge on any atom is 0.154 e. The third-order valence-corrected chi connectivity index (χ3v) is 5.37. The number of aromatic nitrogens is 2. The third kappa shape index (κ3) is 2.69. The molecule has 1 aromatic heterocycles. The topological polar surface area (TPSA) is 78.0 Å². The molecule has 6 heteroatoms. The molecule has 0 bridgehead atoms. The zero-order valence-corrected chi connectivity index (χ0v) is 11.7. The molecule has 0 saturated carbocycles. The number of rotatable bonds is 5. The highest BCUT2D eigenvalue weighted by molar-refractivity contribution is 7.92. The van der Waals surface area contributed by atoms with E-state index in [0.29, 0.717) is 0 Å². The summed E-state index contributed by atoms with van der Waals surface area (Å²) < 4.78 is 24.3. The molecule has 1 rings (SSSR count). The second-order valence-corrected chi connectivity index (χ2v) is 7.43. The van der Waals surface area contributed by atoms with Gasteiger partial charge in [-0.25, -0.2) is 8.42 Å². The summed E-state index contributed by atoms with van der Waals surface area (Å²) in [4.78, 5) is 0. The quantitative estimate of drug-likeness (QED) is 0.859. The Morgan fingerprint density at radius 2 is 2.12 bits per heavy atom. The maximum absolute atomic E-state index is 11.7. The highest BCUT2D eigenvalue weighted by atomic mass is 32.2. The van der Waals surface area contributed by atoms with Crippen LogP contribution in [0.5, 0.6) is 0 Å². The molecule has 17 heavy (non-hydrogen) atoms. The first-order valence-electron chi connectivity index (χ1n) is 5.68. The molecule has 0 saturated heterocycles. The highest BCUT2D eigenvalue weighted by Crippen LogP contribution is 2.29. The standard InChI is InChI=1S/C11H21N3O2S/c1-5-8-14-9(6-7-13-14)10(12)11(2,3)17(4,15)16/h6-7,10H,5,8,12H2,1-4H3. The molecule has 2 N–H and O–H groups in total. The first-order chi connectivity index (χ1) is 7.71. The highest BCUT2D eigenvalue weighted by Gasteiger charge is 2.39. The molecule has 0 aromatic carbocycles. The van der Waals surface area contributed by atoms with Crippen LogP contribution in [-0.4, -0.2) is 29.2 Å². The molecule has 0 amide bonds. The normalized spacial score (nSPS) is 14.9. The summed E-state index contributed by atoms with van der Waals surface area (Å²) in [6.07, 6.45) is 3.80. The predicted molar refractivity (Wildman–Crippen MR) is 68.4 cm³/mol. The lowest BCUT2D eigenvalue weighted by Gasteiger charge is -2.30. The van der Waals surface area contributed by atoms with Gasteiger partial charge in [0.15, 0.2) is 9.84 Å². The van der Waals surface area contributed by atoms with Crippen LogP contribution in [0.1, 0.15) is 38.9 Å². The van der Waals surface area contributed by atoms with Crippen molar-refractivity contribution in [2.45, 2.75) is 44.5 Å². The molecule has 0 aliphatic rings. The number of aryl methyl sites for hydroxylation is 1. The summed E-state index contributed by atoms with van der Waals surface area (Å²) in [5.41, 5.74) is 6.86. The zero-order valence-electron chi connectivity index (χ0n) is 10.8. The van der Waals surface area contributed by atoms with E-state index in [4.69, 9.17) is 5.73 Å². The fourth-order valence-corrected chi connectivity index (χ4v) is 2.17. The van der Waals surface area contributed by atoms with Crippen molar-refractivity contribution in [1.29, 1.82) is 0 Å². The predicted octanol–water partition coefficient (Wildman–Crippen LogP) is 1.12. The second kappa shape index (κ2) is 4.78. The Balaban J connectivity index is 3.12. The van der Waals surface area contributed by atoms with Gasteiger partial charge in [0.25, 0.3) is 0 Å². The molecule has 98 valence electrons. The summed E-state index contributed by atoms with van der Waals surface area (Å²) in [6.45, 7) is 6.08. The first kappa shape index (κ1) is 14.2. The molecule has 1 aromatic rings. The van der Waals surface area contributed by atoms with Crippen molar-refractivity contribution in [3.63, 3.8) is 0 Å². The van der Waals surface area contributed by atoms with Crippen molar-refractivity contribution in [3.05, 3.63) is 18.0 Å². The van der Waals surface area contributed by atoms with E-state index in [0.717, 1.165) is 18.7 Å². The van der Waals surface area contributed by atoms with Crippen LogP contribution in [0.25, 0.3) is 0 Å². The van der Waals surface area contributed by atoms with Gasteiger partial charge >= 0.3 is 0 Å². The molecule has 0 aliphatic heterocycles. The lowest BCUT2D eigenvalue weighted by Crippen LogP contribution is -2.43. The van der Waals surface area contributed by atoms with Gasteiger partial charge in [0, 0.05) is 19.0 Å². The molecule has 0 spiro atoms. The molecule has 0 radical (unpaired) electrons. The van der Waals surface area contributed by atoms with Gasteiger partial charge in [0.05, 0.1) is 16.5 Å². The van der Waals surface area contributed by atoms with Crippen LogP contribution in [0.15, 0.2) is 12.3 Å². The number of sulfone groups is 1. The smallest absolute Gasteiger partial charge is 0.154 e. The van der Waals surface area contributed by atoms with Crippen LogP contribution in [0, 0.1) is 0 Å². The molecule has 0 aliphatic carbocycles. The van der Waals surface area contributed by atoms with E-state index in [9.17, 15) is 8.42 Å². The molecule has 0 fully saturated rings. The summed E-state index contributed by atoms with van der Waals surface area (Å²) in [7, 11) is -3.23. The summed E-state index contributed by atoms with van der Waals surface area (Å²) >= 11 is 0. The third-order valence-electron chi connectivity index (χ3n) is 3.21. The van der Waals surface area contributed by atoms with Crippen LogP contribution in [0.2, 0.25) is 0 Å². The van der Waals surface area contributed by atoms with Crippen LogP contribution in [-0.2, 0) is 16.4 Å². The van der Waals surface area contributed by atoms with Gasteiger partial charge in [-0.05, 0) is 26.3 Å². The summed E-state index contributed by atoms with van der Waals surface area (Å²) in [5.74, 6) is 0. The van der Waals surface area contributed by atoms with Gasteiger partial charge in [-0.15, -0.1) is 0 Å². The fraction of sp³-hybridized carbons (Fsp3) is 0.727. The average molecular weight is 259 g/mol. The van der Waals surface area contributed by atoms with Crippen molar-refractivity contribution in [2.75, 3.05) is 6.26 Å². The van der Waals surface area contributed by atoms with Crippen molar-refractivity contribution < 1.29 is 8.42 Å². The Morgan fingerprint density at radius 1 is 1.53 bits per heavy atom. The average Bonchev–Trinajstić information content (AvgIpc) is 2.63. The zero-order chi connectivity index (χ0) is 13.3. The van der Waals surface area contributed by atoms with E-state index in [-0.39, 0.29) is 0 Å². The van der Waals surface area contributed by atoms with Crippen LogP contribution in [0.4, 0.5) is 0 Å². The monoisotopic (exact) mass is 259 g/mol. The van der Waals surface area contributed by atoms with Gasteiger partial charge in [0.2, 0.25) is 0 Å². The van der Waals surface area contributed by atoms with E-state index in [1.54, 1.807) is 30.8 Å². The summed E-state index contributed by atoms with van der Waals surface area (Å²) in [6, 6.07) is 1.21. The lowest BCUT2D eigenvalue weighted by atomic mass is 10.0. The maximum atomic E-state index is 11.7. The minimum absolute atomic E-state index is 0.577. The van der Waals surface area contributed by atoms with E-state index in [1.165, 1.54) is 6.26 Å². The molecule has 1 atom stereocenters. The largest absolute Gasteiger partial charge is 0.321 e. The second-order valence-electron chi connectivity index (χ2n) is 4.83. The minimum atomic E-state index is -3.23. The van der Waals surface area contributed by atoms with Gasteiger partial charge in [-0.2, -0.15) is 5.10 Å². The number of nitrogens with zero attached hydrogens (tertiary/aromatic N) is 2. The molecule has 5 nitrogen and oxygen atoms in total. The fourth-order valence-electron chi connectivity index (χ4n) is 1.59. The van der Waals surface area contributed by atoms with E-state index in [2.05, 4.69) is 5.10 Å². The van der Waals surface area contributed by atoms with Gasteiger partial charge in [0.1, 0.15) is 0 Å². The number of hydrogen-bond donors (Lipinski definition) is 1. The number of hydrogen-bond acceptors (Lipinski definition) is 4. The molecular formula is C11H21N3O2S. The molecule has 1 unspecified atom stereocenters. The van der Waals surface area contributed by atoms with Crippen molar-refractivity contribution in [3.8, 4) is 0 Å². The van der Waals surface area contributed by atoms with Crippen LogP contribution >= 0.6 is 0 Å². The van der Waals surface area contributed by atoms with E-state index in [1.807, 2.05) is 6.92 Å². The Morgan fingerprint density at radius 3 is 2.59 bits per heavy atom. The minimum Gasteiger partial charge on any atom is -0.321 e. The van der Waals surface area contributed by atoms with Crippen molar-refractivity contribution in [1.82, 2.24) is 9.78 Å². The molecular weight excluding hydrogens is 238 g/mol. The number of nitrogens with two attached hydrogens (primary N) is 1. The Labute approximate surface area is 103 Å². The SMILES string of the molecule is CCCn1nccc1C(N)C(C)(C)S(C)(=O)=O. The van der Waals surface area contributed by atoms with Gasteiger partial charge < -0.3 is 5.73 Å². The first-order valence-corrected chi connectivity index (χ1v) is 7.57. The Hall–Kier alpha value is -0.880. The van der Waals surface area contributed by atoms with E-state index >= 15 is 0 Å². The van der Waals surface area contributed by atoms with Crippen molar-refractivity contribution in [2.24, 2.45) is 5.73 Å². The Kier molecular flexibility index (Phi) is 3.99. The van der Waals surface area contributed by atoms with Crippen LogP contribution in [0.3, 0.4) is 0 Å². The van der Waals surface area contributed by atoms with E-state index < -0.39 is 20.6 Å². The summed E-state index contributed by atoms with van der Waals surface area (Å²) in [5, 5.41) is 4.16. The van der Waals surface area contributed by atoms with Crippen LogP contribution < -0.4 is 5.73 Å². The molecule has 1 heterocycles. The Bertz CT molecular complexity index is 477. The van der Waals surface area contributed by atoms with Gasteiger partial charge in [-0.1, -0.05) is 6.92 Å². The lowest BCUT2D eigenvalue weighted by molar-refractivity contribution is 0.458. The van der Waals surface area contributed by atoms with Gasteiger partial charge in [-0.3, -0.25) is 4.68 Å². The van der Waals surface area contributed by atoms with Crippen molar-refractivity contribution >= 4 is 9.84 Å².